The van der Waals surface area contributed by atoms with Gasteiger partial charge in [-0.15, -0.1) is 0 Å². The fourth-order valence-corrected chi connectivity index (χ4v) is 1.75. The summed E-state index contributed by atoms with van der Waals surface area (Å²) in [5.41, 5.74) is 0.250. The quantitative estimate of drug-likeness (QED) is 0.305. The van der Waals surface area contributed by atoms with Crippen molar-refractivity contribution in [2.24, 2.45) is 0 Å². The third kappa shape index (κ3) is 5.06. The Balaban J connectivity index is 2.33. The number of aliphatic hydroxyl groups is 1. The zero-order valence-electron chi connectivity index (χ0n) is 12.4. The molecule has 1 aliphatic rings. The first-order chi connectivity index (χ1) is 9.97. The van der Waals surface area contributed by atoms with Crippen molar-refractivity contribution in [1.82, 2.24) is 5.32 Å². The molecule has 0 aliphatic heterocycles. The van der Waals surface area contributed by atoms with E-state index in [0.29, 0.717) is 19.6 Å². The van der Waals surface area contributed by atoms with Gasteiger partial charge in [-0.3, -0.25) is 14.4 Å². The molecule has 116 valence electrons. The van der Waals surface area contributed by atoms with Gasteiger partial charge in [0.25, 0.3) is 0 Å². The standard InChI is InChI=1S/C15H21NO5/c1-3-4-8-21-13(18)6-5-7-16-11-9-12(17)15(20)10(2)14(11)19/h9,16,19H,3-8H2,1-2H3. The first-order valence-corrected chi connectivity index (χ1v) is 7.07. The summed E-state index contributed by atoms with van der Waals surface area (Å²) in [6.45, 7) is 4.25. The van der Waals surface area contributed by atoms with Crippen molar-refractivity contribution in [3.05, 3.63) is 23.1 Å². The average molecular weight is 295 g/mol. The van der Waals surface area contributed by atoms with E-state index in [1.165, 1.54) is 6.92 Å². The molecule has 21 heavy (non-hydrogen) atoms. The number of aliphatic hydroxyl groups excluding tert-OH is 1. The molecule has 6 nitrogen and oxygen atoms in total. The lowest BCUT2D eigenvalue weighted by atomic mass is 10.00. The molecule has 0 heterocycles. The van der Waals surface area contributed by atoms with Gasteiger partial charge in [0, 0.05) is 24.6 Å². The van der Waals surface area contributed by atoms with Crippen molar-refractivity contribution < 1.29 is 24.2 Å². The van der Waals surface area contributed by atoms with Crippen LogP contribution in [0.25, 0.3) is 0 Å². The van der Waals surface area contributed by atoms with Gasteiger partial charge < -0.3 is 15.2 Å². The van der Waals surface area contributed by atoms with Crippen LogP contribution >= 0.6 is 0 Å². The third-order valence-corrected chi connectivity index (χ3v) is 3.08. The minimum atomic E-state index is -0.697. The van der Waals surface area contributed by atoms with Crippen LogP contribution in [0.5, 0.6) is 0 Å². The fraction of sp³-hybridized carbons (Fsp3) is 0.533. The molecular formula is C15H21NO5. The zero-order valence-corrected chi connectivity index (χ0v) is 12.4. The molecule has 0 amide bonds. The van der Waals surface area contributed by atoms with Crippen molar-refractivity contribution in [1.29, 1.82) is 0 Å². The molecular weight excluding hydrogens is 274 g/mol. The molecule has 0 aromatic heterocycles. The largest absolute Gasteiger partial charge is 0.505 e. The molecule has 0 aromatic carbocycles. The summed E-state index contributed by atoms with van der Waals surface area (Å²) in [5.74, 6) is -1.83. The topological polar surface area (TPSA) is 92.7 Å². The van der Waals surface area contributed by atoms with Crippen LogP contribution in [0.3, 0.4) is 0 Å². The van der Waals surface area contributed by atoms with Crippen molar-refractivity contribution in [3.8, 4) is 0 Å². The van der Waals surface area contributed by atoms with Gasteiger partial charge in [-0.2, -0.15) is 0 Å². The SMILES string of the molecule is CCCCOC(=O)CCCNC1=CC(=O)C(=O)C(C)=C1O. The molecule has 6 heteroatoms. The van der Waals surface area contributed by atoms with Crippen LogP contribution in [0.2, 0.25) is 0 Å². The van der Waals surface area contributed by atoms with Gasteiger partial charge in [0.2, 0.25) is 11.6 Å². The maximum Gasteiger partial charge on any atom is 0.305 e. The molecule has 0 saturated heterocycles. The second-order valence-corrected chi connectivity index (χ2v) is 4.83. The van der Waals surface area contributed by atoms with Gasteiger partial charge >= 0.3 is 5.97 Å². The lowest BCUT2D eigenvalue weighted by Gasteiger charge is -2.15. The van der Waals surface area contributed by atoms with E-state index < -0.39 is 11.6 Å². The van der Waals surface area contributed by atoms with E-state index in [4.69, 9.17) is 4.74 Å². The second kappa shape index (κ2) is 8.24. The maximum atomic E-state index is 11.4. The number of nitrogens with one attached hydrogen (secondary N) is 1. The van der Waals surface area contributed by atoms with Crippen molar-refractivity contribution in [2.45, 2.75) is 39.5 Å². The molecule has 0 unspecified atom stereocenters. The number of allylic oxidation sites excluding steroid dienone is 2. The van der Waals surface area contributed by atoms with Crippen LogP contribution in [0.4, 0.5) is 0 Å². The summed E-state index contributed by atoms with van der Waals surface area (Å²) >= 11 is 0. The molecule has 0 aromatic rings. The van der Waals surface area contributed by atoms with E-state index in [2.05, 4.69) is 5.32 Å². The minimum Gasteiger partial charge on any atom is -0.505 e. The molecule has 0 atom stereocenters. The van der Waals surface area contributed by atoms with Crippen LogP contribution in [0.1, 0.15) is 39.5 Å². The first kappa shape index (κ1) is 16.9. The number of ketones is 2. The number of carbonyl (C=O) groups is 3. The van der Waals surface area contributed by atoms with Gasteiger partial charge in [0.15, 0.2) is 0 Å². The molecule has 0 fully saturated rings. The highest BCUT2D eigenvalue weighted by atomic mass is 16.5. The Morgan fingerprint density at radius 3 is 2.71 bits per heavy atom. The van der Waals surface area contributed by atoms with Crippen LogP contribution in [0, 0.1) is 0 Å². The van der Waals surface area contributed by atoms with Crippen molar-refractivity contribution >= 4 is 17.5 Å². The monoisotopic (exact) mass is 295 g/mol. The molecule has 1 rings (SSSR count). The molecule has 2 N–H and O–H groups in total. The highest BCUT2D eigenvalue weighted by Gasteiger charge is 2.25. The van der Waals surface area contributed by atoms with Crippen molar-refractivity contribution in [2.75, 3.05) is 13.2 Å². The number of carbonyl (C=O) groups excluding carboxylic acids is 3. The number of rotatable bonds is 8. The van der Waals surface area contributed by atoms with Gasteiger partial charge in [0.05, 0.1) is 12.3 Å². The summed E-state index contributed by atoms with van der Waals surface area (Å²) < 4.78 is 5.00. The van der Waals surface area contributed by atoms with Crippen LogP contribution in [-0.4, -0.2) is 35.8 Å². The van der Waals surface area contributed by atoms with Gasteiger partial charge in [-0.05, 0) is 19.8 Å². The average Bonchev–Trinajstić information content (AvgIpc) is 2.46. The number of esters is 1. The molecule has 1 aliphatic carbocycles. The van der Waals surface area contributed by atoms with E-state index >= 15 is 0 Å². The van der Waals surface area contributed by atoms with E-state index in [-0.39, 0.29) is 29.4 Å². The molecule has 0 spiro atoms. The Morgan fingerprint density at radius 1 is 1.33 bits per heavy atom. The Morgan fingerprint density at radius 2 is 2.05 bits per heavy atom. The Bertz CT molecular complexity index is 490. The minimum absolute atomic E-state index is 0.0315. The van der Waals surface area contributed by atoms with Crippen LogP contribution in [0.15, 0.2) is 23.1 Å². The summed E-state index contributed by atoms with van der Waals surface area (Å²) in [4.78, 5) is 34.0. The van der Waals surface area contributed by atoms with Crippen LogP contribution in [-0.2, 0) is 19.1 Å². The van der Waals surface area contributed by atoms with E-state index in [0.717, 1.165) is 18.9 Å². The Labute approximate surface area is 123 Å². The van der Waals surface area contributed by atoms with Crippen molar-refractivity contribution in [3.63, 3.8) is 0 Å². The van der Waals surface area contributed by atoms with Gasteiger partial charge in [-0.1, -0.05) is 13.3 Å². The van der Waals surface area contributed by atoms with E-state index in [1.54, 1.807) is 0 Å². The molecule has 0 bridgehead atoms. The predicted octanol–water partition coefficient (Wildman–Crippen LogP) is 1.57. The summed E-state index contributed by atoms with van der Waals surface area (Å²) in [5, 5.41) is 12.6. The lowest BCUT2D eigenvalue weighted by Crippen LogP contribution is -2.27. The third-order valence-electron chi connectivity index (χ3n) is 3.08. The number of Topliss-reactive ketones (excluding diaryl/α,β-unsaturated/α-hetero) is 1. The van der Waals surface area contributed by atoms with E-state index in [1.807, 2.05) is 6.92 Å². The smallest absolute Gasteiger partial charge is 0.305 e. The predicted molar refractivity (Wildman–Crippen MR) is 76.5 cm³/mol. The number of hydrogen-bond donors (Lipinski definition) is 2. The highest BCUT2D eigenvalue weighted by Crippen LogP contribution is 2.16. The van der Waals surface area contributed by atoms with Gasteiger partial charge in [0.1, 0.15) is 5.76 Å². The molecule has 0 saturated carbocycles. The highest BCUT2D eigenvalue weighted by molar-refractivity contribution is 6.48. The first-order valence-electron chi connectivity index (χ1n) is 7.07. The Hall–Kier alpha value is -2.11. The zero-order chi connectivity index (χ0) is 15.8. The molecule has 0 radical (unpaired) electrons. The summed E-state index contributed by atoms with van der Waals surface area (Å²) in [6, 6.07) is 0. The number of hydrogen-bond acceptors (Lipinski definition) is 6. The normalized spacial score (nSPS) is 15.0. The lowest BCUT2D eigenvalue weighted by molar-refractivity contribution is -0.143. The van der Waals surface area contributed by atoms with Crippen LogP contribution < -0.4 is 5.32 Å². The summed E-state index contributed by atoms with van der Waals surface area (Å²) in [7, 11) is 0. The summed E-state index contributed by atoms with van der Waals surface area (Å²) in [6.07, 6.45) is 3.67. The number of unbranched alkanes of at least 4 members (excludes halogenated alkanes) is 1. The van der Waals surface area contributed by atoms with Gasteiger partial charge in [-0.25, -0.2) is 0 Å². The Kier molecular flexibility index (Phi) is 6.65. The maximum absolute atomic E-state index is 11.4. The second-order valence-electron chi connectivity index (χ2n) is 4.83. The van der Waals surface area contributed by atoms with E-state index in [9.17, 15) is 19.5 Å². The number of ether oxygens (including phenoxy) is 1. The fourth-order valence-electron chi connectivity index (χ4n) is 1.75.